The molecular weight excluding hydrogens is 312 g/mol. The summed E-state index contributed by atoms with van der Waals surface area (Å²) in [5.41, 5.74) is 2.45. The molecule has 0 spiro atoms. The van der Waals surface area contributed by atoms with Crippen LogP contribution in [0.3, 0.4) is 0 Å². The van der Waals surface area contributed by atoms with E-state index in [9.17, 15) is 0 Å². The third-order valence-electron chi connectivity index (χ3n) is 5.46. The monoisotopic (exact) mass is 350 g/mol. The van der Waals surface area contributed by atoms with E-state index in [-0.39, 0.29) is 5.41 Å². The van der Waals surface area contributed by atoms with Gasteiger partial charge in [-0.15, -0.1) is 5.92 Å². The van der Waals surface area contributed by atoms with E-state index in [4.69, 9.17) is 0 Å². The zero-order chi connectivity index (χ0) is 19.3. The van der Waals surface area contributed by atoms with Crippen LogP contribution in [0.25, 0.3) is 0 Å². The number of hydrogen-bond donors (Lipinski definition) is 0. The number of benzene rings is 1. The maximum Gasteiger partial charge on any atom is 0.0808 e. The van der Waals surface area contributed by atoms with Gasteiger partial charge in [0.05, 0.1) is 5.41 Å². The van der Waals surface area contributed by atoms with Gasteiger partial charge in [0, 0.05) is 0 Å². The molecule has 1 aromatic carbocycles. The molecule has 142 valence electrons. The minimum Gasteiger partial charge on any atom is -0.105 e. The van der Waals surface area contributed by atoms with E-state index in [0.717, 1.165) is 12.3 Å². The minimum atomic E-state index is -0.194. The van der Waals surface area contributed by atoms with Crippen molar-refractivity contribution in [2.45, 2.75) is 85.0 Å². The normalized spacial score (nSPS) is 15.3. The van der Waals surface area contributed by atoms with Gasteiger partial charge in [-0.25, -0.2) is 0 Å². The van der Waals surface area contributed by atoms with Gasteiger partial charge in [0.15, 0.2) is 0 Å². The zero-order valence-electron chi connectivity index (χ0n) is 17.6. The zero-order valence-corrected chi connectivity index (χ0v) is 17.6. The van der Waals surface area contributed by atoms with Crippen molar-refractivity contribution in [2.75, 3.05) is 0 Å². The highest BCUT2D eigenvalue weighted by Crippen LogP contribution is 2.38. The maximum atomic E-state index is 3.61. The number of allylic oxidation sites excluding steroid dienone is 4. The third kappa shape index (κ3) is 6.21. The van der Waals surface area contributed by atoms with Crippen molar-refractivity contribution in [1.82, 2.24) is 0 Å². The highest BCUT2D eigenvalue weighted by Gasteiger charge is 2.32. The highest BCUT2D eigenvalue weighted by atomic mass is 14.3. The van der Waals surface area contributed by atoms with E-state index >= 15 is 0 Å². The molecule has 0 heterocycles. The molecule has 0 heteroatoms. The van der Waals surface area contributed by atoms with Crippen LogP contribution >= 0.6 is 0 Å². The first kappa shape index (κ1) is 22.3. The van der Waals surface area contributed by atoms with Crippen molar-refractivity contribution < 1.29 is 0 Å². The summed E-state index contributed by atoms with van der Waals surface area (Å²) >= 11 is 0. The van der Waals surface area contributed by atoms with Crippen molar-refractivity contribution in [1.29, 1.82) is 0 Å². The number of hydrogen-bond acceptors (Lipinski definition) is 0. The van der Waals surface area contributed by atoms with Crippen LogP contribution in [0.1, 0.15) is 85.1 Å². The fraction of sp³-hybridized carbons (Fsp3) is 0.538. The van der Waals surface area contributed by atoms with Gasteiger partial charge in [-0.3, -0.25) is 0 Å². The molecule has 2 atom stereocenters. The molecule has 1 rings (SSSR count). The summed E-state index contributed by atoms with van der Waals surface area (Å²) in [5, 5.41) is 0. The first-order chi connectivity index (χ1) is 12.7. The average Bonchev–Trinajstić information content (AvgIpc) is 2.68. The van der Waals surface area contributed by atoms with E-state index in [0.29, 0.717) is 0 Å². The first-order valence-corrected chi connectivity index (χ1v) is 10.5. The summed E-state index contributed by atoms with van der Waals surface area (Å²) < 4.78 is 0. The van der Waals surface area contributed by atoms with Gasteiger partial charge in [0.1, 0.15) is 0 Å². The van der Waals surface area contributed by atoms with E-state index in [2.05, 4.69) is 88.1 Å². The van der Waals surface area contributed by atoms with Gasteiger partial charge in [0.2, 0.25) is 0 Å². The lowest BCUT2D eigenvalue weighted by atomic mass is 9.70. The third-order valence-corrected chi connectivity index (χ3v) is 5.46. The van der Waals surface area contributed by atoms with Crippen LogP contribution in [-0.2, 0) is 5.41 Å². The molecule has 0 fully saturated rings. The van der Waals surface area contributed by atoms with Crippen molar-refractivity contribution in [3.8, 4) is 11.8 Å². The summed E-state index contributed by atoms with van der Waals surface area (Å²) in [6, 6.07) is 10.9. The Hall–Kier alpha value is -1.74. The smallest absolute Gasteiger partial charge is 0.0808 e. The molecule has 1 aromatic rings. The van der Waals surface area contributed by atoms with Crippen LogP contribution in [0.2, 0.25) is 0 Å². The fourth-order valence-corrected chi connectivity index (χ4v) is 3.96. The SMILES string of the molecule is CC#CC(CCCC(CC)CCCC)(C(/C=C\C)=C/C)c1ccccc1. The maximum absolute atomic E-state index is 3.61. The van der Waals surface area contributed by atoms with Crippen molar-refractivity contribution >= 4 is 0 Å². The second-order valence-electron chi connectivity index (χ2n) is 7.20. The molecule has 0 saturated heterocycles. The molecule has 26 heavy (non-hydrogen) atoms. The Morgan fingerprint density at radius 1 is 1.08 bits per heavy atom. The van der Waals surface area contributed by atoms with Crippen LogP contribution < -0.4 is 0 Å². The Kier molecular flexibility index (Phi) is 10.8. The van der Waals surface area contributed by atoms with Gasteiger partial charge in [-0.05, 0) is 44.2 Å². The fourth-order valence-electron chi connectivity index (χ4n) is 3.96. The van der Waals surface area contributed by atoms with Crippen LogP contribution in [0.15, 0.2) is 54.1 Å². The lowest BCUT2D eigenvalue weighted by Crippen LogP contribution is -2.27. The highest BCUT2D eigenvalue weighted by molar-refractivity contribution is 5.50. The van der Waals surface area contributed by atoms with Crippen LogP contribution in [0.4, 0.5) is 0 Å². The second-order valence-corrected chi connectivity index (χ2v) is 7.20. The van der Waals surface area contributed by atoms with Gasteiger partial charge in [-0.2, -0.15) is 0 Å². The molecule has 0 aliphatic rings. The summed E-state index contributed by atoms with van der Waals surface area (Å²) in [6.07, 6.45) is 15.6. The van der Waals surface area contributed by atoms with Crippen LogP contribution in [-0.4, -0.2) is 0 Å². The predicted molar refractivity (Wildman–Crippen MR) is 117 cm³/mol. The molecule has 0 nitrogen and oxygen atoms in total. The van der Waals surface area contributed by atoms with E-state index in [1.165, 1.54) is 49.7 Å². The van der Waals surface area contributed by atoms with Gasteiger partial charge < -0.3 is 0 Å². The van der Waals surface area contributed by atoms with E-state index in [1.54, 1.807) is 0 Å². The standard InChI is InChI=1S/C26H38/c1-6-11-17-23(9-4)18-15-22-26(21-8-3,24(10-5)16-7-2)25-19-13-12-14-20-25/h7,10,12-14,16,19-20,23H,6,9,11,15,17-18,22H2,1-5H3/b16-7-,24-10+. The molecule has 2 unspecified atom stereocenters. The minimum absolute atomic E-state index is 0.194. The molecule has 0 bridgehead atoms. The topological polar surface area (TPSA) is 0 Å². The molecule has 0 aliphatic heterocycles. The summed E-state index contributed by atoms with van der Waals surface area (Å²) in [5.74, 6) is 7.71. The quantitative estimate of drug-likeness (QED) is 0.281. The molecule has 0 aliphatic carbocycles. The molecular formula is C26H38. The van der Waals surface area contributed by atoms with Crippen molar-refractivity contribution in [3.05, 3.63) is 59.7 Å². The Bertz CT molecular complexity index is 608. The van der Waals surface area contributed by atoms with Crippen molar-refractivity contribution in [2.24, 2.45) is 5.92 Å². The molecule has 0 N–H and O–H groups in total. The molecule has 0 amide bonds. The first-order valence-electron chi connectivity index (χ1n) is 10.5. The van der Waals surface area contributed by atoms with Crippen LogP contribution in [0, 0.1) is 17.8 Å². The Balaban J connectivity index is 3.13. The van der Waals surface area contributed by atoms with Gasteiger partial charge in [-0.1, -0.05) is 107 Å². The average molecular weight is 351 g/mol. The Morgan fingerprint density at radius 3 is 2.31 bits per heavy atom. The van der Waals surface area contributed by atoms with E-state index < -0.39 is 0 Å². The molecule has 0 saturated carbocycles. The van der Waals surface area contributed by atoms with Crippen molar-refractivity contribution in [3.63, 3.8) is 0 Å². The summed E-state index contributed by atoms with van der Waals surface area (Å²) in [6.45, 7) is 10.8. The van der Waals surface area contributed by atoms with Crippen LogP contribution in [0.5, 0.6) is 0 Å². The summed E-state index contributed by atoms with van der Waals surface area (Å²) in [7, 11) is 0. The molecule has 0 aromatic heterocycles. The van der Waals surface area contributed by atoms with Gasteiger partial charge >= 0.3 is 0 Å². The predicted octanol–water partition coefficient (Wildman–Crippen LogP) is 7.86. The Labute approximate surface area is 162 Å². The van der Waals surface area contributed by atoms with Gasteiger partial charge in [0.25, 0.3) is 0 Å². The van der Waals surface area contributed by atoms with E-state index in [1.807, 2.05) is 6.92 Å². The number of rotatable bonds is 11. The largest absolute Gasteiger partial charge is 0.105 e. The number of unbranched alkanes of at least 4 members (excludes halogenated alkanes) is 1. The lowest BCUT2D eigenvalue weighted by Gasteiger charge is -2.32. The Morgan fingerprint density at radius 2 is 1.77 bits per heavy atom. The second kappa shape index (κ2) is 12.6. The molecule has 0 radical (unpaired) electrons. The lowest BCUT2D eigenvalue weighted by molar-refractivity contribution is 0.390. The summed E-state index contributed by atoms with van der Waals surface area (Å²) in [4.78, 5) is 0.